The molecule has 0 amide bonds. The lowest BCUT2D eigenvalue weighted by Crippen LogP contribution is -2.52. The summed E-state index contributed by atoms with van der Waals surface area (Å²) < 4.78 is 5.35. The molecular weight excluding hydrogens is 374 g/mol. The summed E-state index contributed by atoms with van der Waals surface area (Å²) in [6.45, 7) is 2.07. The highest BCUT2D eigenvalue weighted by atomic mass is 16.5. The molecule has 3 aromatic rings. The summed E-state index contributed by atoms with van der Waals surface area (Å²) >= 11 is 0. The number of benzene rings is 3. The van der Waals surface area contributed by atoms with E-state index in [-0.39, 0.29) is 0 Å². The smallest absolute Gasteiger partial charge is 0.320 e. The number of carbonyl (C=O) groups is 1. The zero-order valence-electron chi connectivity index (χ0n) is 17.5. The summed E-state index contributed by atoms with van der Waals surface area (Å²) in [6.07, 6.45) is 2.34. The molecule has 4 nitrogen and oxygen atoms in total. The van der Waals surface area contributed by atoms with Gasteiger partial charge in [0.2, 0.25) is 0 Å². The van der Waals surface area contributed by atoms with Crippen LogP contribution in [0.4, 0.5) is 0 Å². The van der Waals surface area contributed by atoms with Gasteiger partial charge in [-0.2, -0.15) is 0 Å². The van der Waals surface area contributed by atoms with E-state index in [0.29, 0.717) is 6.42 Å². The molecule has 0 bridgehead atoms. The Bertz CT molecular complexity index is 884. The van der Waals surface area contributed by atoms with Gasteiger partial charge >= 0.3 is 5.97 Å². The van der Waals surface area contributed by atoms with Crippen LogP contribution in [-0.2, 0) is 10.3 Å². The average Bonchev–Trinajstić information content (AvgIpc) is 2.80. The number of carboxylic acid groups (broad SMARTS) is 1. The van der Waals surface area contributed by atoms with Crippen LogP contribution < -0.4 is 10.1 Å². The monoisotopic (exact) mass is 403 g/mol. The third kappa shape index (κ3) is 4.55. The van der Waals surface area contributed by atoms with Gasteiger partial charge in [-0.25, -0.2) is 0 Å². The van der Waals surface area contributed by atoms with Crippen LogP contribution in [0.3, 0.4) is 0 Å². The minimum Gasteiger partial charge on any atom is -0.497 e. The fourth-order valence-corrected chi connectivity index (χ4v) is 3.89. The van der Waals surface area contributed by atoms with Gasteiger partial charge in [0.05, 0.1) is 12.6 Å². The molecule has 30 heavy (non-hydrogen) atoms. The van der Waals surface area contributed by atoms with E-state index in [9.17, 15) is 9.90 Å². The van der Waals surface area contributed by atoms with Gasteiger partial charge < -0.3 is 9.84 Å². The number of hydrogen-bond acceptors (Lipinski definition) is 3. The van der Waals surface area contributed by atoms with Crippen molar-refractivity contribution in [1.82, 2.24) is 5.32 Å². The van der Waals surface area contributed by atoms with Crippen molar-refractivity contribution >= 4 is 5.97 Å². The van der Waals surface area contributed by atoms with Crippen LogP contribution in [0.1, 0.15) is 42.9 Å². The highest BCUT2D eigenvalue weighted by Gasteiger charge is 2.39. The predicted molar refractivity (Wildman–Crippen MR) is 120 cm³/mol. The van der Waals surface area contributed by atoms with Gasteiger partial charge in [-0.1, -0.05) is 92.6 Å². The Labute approximate surface area is 178 Å². The van der Waals surface area contributed by atoms with Gasteiger partial charge in [0.1, 0.15) is 11.8 Å². The summed E-state index contributed by atoms with van der Waals surface area (Å²) in [4.78, 5) is 12.2. The molecule has 0 aliphatic rings. The summed E-state index contributed by atoms with van der Waals surface area (Å²) in [7, 11) is 1.64. The van der Waals surface area contributed by atoms with E-state index >= 15 is 0 Å². The van der Waals surface area contributed by atoms with Gasteiger partial charge in [-0.05, 0) is 35.2 Å². The maximum absolute atomic E-state index is 12.2. The van der Waals surface area contributed by atoms with E-state index in [4.69, 9.17) is 4.74 Å². The molecule has 4 heteroatoms. The maximum Gasteiger partial charge on any atom is 0.320 e. The average molecular weight is 404 g/mol. The number of nitrogens with one attached hydrogen (secondary N) is 1. The summed E-state index contributed by atoms with van der Waals surface area (Å²) in [5, 5.41) is 13.6. The standard InChI is InChI=1S/C26H29NO3/c1-3-4-15-24(25(28)29)27-26(20-11-7-5-8-12-20,21-13-9-6-10-14-21)22-16-18-23(30-2)19-17-22/h5-14,16-19,24,27H,3-4,15H2,1-2H3,(H,28,29). The van der Waals surface area contributed by atoms with Crippen LogP contribution >= 0.6 is 0 Å². The molecule has 0 aromatic heterocycles. The Morgan fingerprint density at radius 3 is 1.83 bits per heavy atom. The van der Waals surface area contributed by atoms with E-state index < -0.39 is 17.6 Å². The van der Waals surface area contributed by atoms with Crippen molar-refractivity contribution < 1.29 is 14.6 Å². The highest BCUT2D eigenvalue weighted by molar-refractivity contribution is 5.74. The topological polar surface area (TPSA) is 58.6 Å². The molecule has 3 aromatic carbocycles. The molecule has 3 rings (SSSR count). The Balaban J connectivity index is 2.24. The second kappa shape index (κ2) is 10.1. The molecule has 2 N–H and O–H groups in total. The number of aliphatic carboxylic acids is 1. The number of hydrogen-bond donors (Lipinski definition) is 2. The Hall–Kier alpha value is -3.11. The van der Waals surface area contributed by atoms with Crippen LogP contribution in [0.5, 0.6) is 5.75 Å². The number of methoxy groups -OCH3 is 1. The molecule has 0 saturated heterocycles. The molecule has 1 atom stereocenters. The van der Waals surface area contributed by atoms with Gasteiger partial charge in [-0.15, -0.1) is 0 Å². The second-order valence-electron chi connectivity index (χ2n) is 7.39. The lowest BCUT2D eigenvalue weighted by Gasteiger charge is -2.39. The Morgan fingerprint density at radius 2 is 1.40 bits per heavy atom. The molecule has 0 aliphatic heterocycles. The van der Waals surface area contributed by atoms with E-state index in [1.54, 1.807) is 7.11 Å². The van der Waals surface area contributed by atoms with E-state index in [1.807, 2.05) is 84.9 Å². The predicted octanol–water partition coefficient (Wildman–Crippen LogP) is 5.22. The van der Waals surface area contributed by atoms with Crippen LogP contribution in [0.15, 0.2) is 84.9 Å². The van der Waals surface area contributed by atoms with Crippen molar-refractivity contribution in [3.8, 4) is 5.75 Å². The zero-order valence-corrected chi connectivity index (χ0v) is 17.5. The van der Waals surface area contributed by atoms with Crippen LogP contribution in [-0.4, -0.2) is 24.2 Å². The summed E-state index contributed by atoms with van der Waals surface area (Å²) in [6, 6.07) is 27.2. The first kappa shape index (κ1) is 21.6. The van der Waals surface area contributed by atoms with Crippen LogP contribution in [0.2, 0.25) is 0 Å². The van der Waals surface area contributed by atoms with Gasteiger partial charge in [0, 0.05) is 0 Å². The van der Waals surface area contributed by atoms with Crippen molar-refractivity contribution in [3.63, 3.8) is 0 Å². The largest absolute Gasteiger partial charge is 0.497 e. The van der Waals surface area contributed by atoms with Crippen molar-refractivity contribution in [2.24, 2.45) is 0 Å². The number of carboxylic acids is 1. The minimum atomic E-state index is -0.840. The molecule has 0 aliphatic carbocycles. The summed E-state index contributed by atoms with van der Waals surface area (Å²) in [5.41, 5.74) is 2.13. The molecule has 0 spiro atoms. The highest BCUT2D eigenvalue weighted by Crippen LogP contribution is 2.38. The zero-order chi connectivity index (χ0) is 21.4. The fourth-order valence-electron chi connectivity index (χ4n) is 3.89. The van der Waals surface area contributed by atoms with Gasteiger partial charge in [0.15, 0.2) is 0 Å². The van der Waals surface area contributed by atoms with Crippen molar-refractivity contribution in [2.45, 2.75) is 37.8 Å². The van der Waals surface area contributed by atoms with Gasteiger partial charge in [-0.3, -0.25) is 10.1 Å². The normalized spacial score (nSPS) is 12.3. The molecule has 0 saturated carbocycles. The lowest BCUT2D eigenvalue weighted by atomic mass is 9.76. The van der Waals surface area contributed by atoms with Gasteiger partial charge in [0.25, 0.3) is 0 Å². The molecule has 0 heterocycles. The maximum atomic E-state index is 12.2. The first-order chi connectivity index (χ1) is 14.6. The minimum absolute atomic E-state index is 0.559. The molecule has 0 radical (unpaired) electrons. The first-order valence-electron chi connectivity index (χ1n) is 10.4. The third-order valence-electron chi connectivity index (χ3n) is 5.47. The second-order valence-corrected chi connectivity index (χ2v) is 7.39. The van der Waals surface area contributed by atoms with Crippen molar-refractivity contribution in [1.29, 1.82) is 0 Å². The van der Waals surface area contributed by atoms with E-state index in [2.05, 4.69) is 12.2 Å². The third-order valence-corrected chi connectivity index (χ3v) is 5.47. The quantitative estimate of drug-likeness (QED) is 0.456. The van der Waals surface area contributed by atoms with Crippen LogP contribution in [0, 0.1) is 0 Å². The molecule has 1 unspecified atom stereocenters. The molecule has 0 fully saturated rings. The number of rotatable bonds is 10. The Morgan fingerprint density at radius 1 is 0.900 bits per heavy atom. The lowest BCUT2D eigenvalue weighted by molar-refractivity contribution is -0.140. The molecular formula is C26H29NO3. The fraction of sp³-hybridized carbons (Fsp3) is 0.269. The van der Waals surface area contributed by atoms with Crippen LogP contribution in [0.25, 0.3) is 0 Å². The van der Waals surface area contributed by atoms with Crippen molar-refractivity contribution in [2.75, 3.05) is 7.11 Å². The molecule has 156 valence electrons. The summed E-state index contributed by atoms with van der Waals surface area (Å²) in [5.74, 6) is -0.0808. The van der Waals surface area contributed by atoms with Crippen molar-refractivity contribution in [3.05, 3.63) is 102 Å². The van der Waals surface area contributed by atoms with E-state index in [0.717, 1.165) is 35.3 Å². The SMILES string of the molecule is CCCCC(NC(c1ccccc1)(c1ccccc1)c1ccc(OC)cc1)C(=O)O. The number of ether oxygens (including phenoxy) is 1. The Kier molecular flexibility index (Phi) is 7.26. The first-order valence-corrected chi connectivity index (χ1v) is 10.4. The number of unbranched alkanes of at least 4 members (excludes halogenated alkanes) is 1. The van der Waals surface area contributed by atoms with E-state index in [1.165, 1.54) is 0 Å².